The van der Waals surface area contributed by atoms with Crippen LogP contribution in [0.15, 0.2) is 22.7 Å². The van der Waals surface area contributed by atoms with E-state index in [0.717, 1.165) is 11.8 Å². The molecule has 1 rings (SSSR count). The van der Waals surface area contributed by atoms with Crippen LogP contribution in [-0.4, -0.2) is 32.3 Å². The fourth-order valence-electron chi connectivity index (χ4n) is 1.26. The molecule has 0 heterocycles. The van der Waals surface area contributed by atoms with Crippen molar-refractivity contribution in [3.8, 4) is 5.75 Å². The summed E-state index contributed by atoms with van der Waals surface area (Å²) in [5.74, 6) is 0.118. The Labute approximate surface area is 112 Å². The van der Waals surface area contributed by atoms with E-state index < -0.39 is 12.2 Å². The zero-order chi connectivity index (χ0) is 13.0. The van der Waals surface area contributed by atoms with Crippen LogP contribution < -0.4 is 0 Å². The quantitative estimate of drug-likeness (QED) is 0.789. The summed E-state index contributed by atoms with van der Waals surface area (Å²) in [6.07, 6.45) is -2.22. The van der Waals surface area contributed by atoms with Gasteiger partial charge in [-0.2, -0.15) is 0 Å². The molecule has 0 aliphatic heterocycles. The fourth-order valence-corrected chi connectivity index (χ4v) is 2.33. The van der Waals surface area contributed by atoms with E-state index in [4.69, 9.17) is 0 Å². The lowest BCUT2D eigenvalue weighted by molar-refractivity contribution is -0.109. The third-order valence-electron chi connectivity index (χ3n) is 2.12. The van der Waals surface area contributed by atoms with Crippen LogP contribution >= 0.6 is 27.7 Å². The second kappa shape index (κ2) is 6.39. The summed E-state index contributed by atoms with van der Waals surface area (Å²) in [6.45, 7) is 1.40. The first-order valence-electron chi connectivity index (χ1n) is 4.89. The minimum absolute atomic E-state index is 0.00803. The molecule has 0 amide bonds. The lowest BCUT2D eigenvalue weighted by Gasteiger charge is -2.18. The van der Waals surface area contributed by atoms with Crippen molar-refractivity contribution in [1.29, 1.82) is 0 Å². The number of phenols is 1. The first-order valence-corrected chi connectivity index (χ1v) is 6.67. The van der Waals surface area contributed by atoms with Gasteiger partial charge in [0.25, 0.3) is 0 Å². The van der Waals surface area contributed by atoms with E-state index in [1.807, 2.05) is 0 Å². The van der Waals surface area contributed by atoms with Crippen molar-refractivity contribution < 1.29 is 20.1 Å². The van der Waals surface area contributed by atoms with Gasteiger partial charge in [-0.05, 0) is 18.2 Å². The minimum Gasteiger partial charge on any atom is -0.508 e. The summed E-state index contributed by atoms with van der Waals surface area (Å²) in [6, 6.07) is 4.42. The van der Waals surface area contributed by atoms with Crippen LogP contribution in [-0.2, 0) is 4.79 Å². The topological polar surface area (TPSA) is 77.8 Å². The van der Waals surface area contributed by atoms with Gasteiger partial charge in [0.2, 0.25) is 0 Å². The minimum atomic E-state index is -1.15. The van der Waals surface area contributed by atoms with Crippen LogP contribution in [0.5, 0.6) is 5.75 Å². The van der Waals surface area contributed by atoms with Crippen LogP contribution in [0, 0.1) is 0 Å². The standard InChI is InChI=1S/C11H13BrO4S/c1-6(13)17-5-10(15)11(16)8-4-7(14)2-3-9(8)12/h2-4,10-11,14-16H,5H2,1H3. The molecule has 2 atom stereocenters. The van der Waals surface area contributed by atoms with E-state index in [0.29, 0.717) is 10.0 Å². The molecular weight excluding hydrogens is 308 g/mol. The van der Waals surface area contributed by atoms with Gasteiger partial charge < -0.3 is 15.3 Å². The molecule has 2 unspecified atom stereocenters. The van der Waals surface area contributed by atoms with Crippen molar-refractivity contribution in [2.45, 2.75) is 19.1 Å². The number of aromatic hydroxyl groups is 1. The Morgan fingerprint density at radius 3 is 2.71 bits per heavy atom. The molecular formula is C11H13BrO4S. The Morgan fingerprint density at radius 2 is 2.12 bits per heavy atom. The smallest absolute Gasteiger partial charge is 0.185 e. The normalized spacial score (nSPS) is 14.4. The lowest BCUT2D eigenvalue weighted by Crippen LogP contribution is -2.21. The van der Waals surface area contributed by atoms with E-state index in [1.54, 1.807) is 6.07 Å². The summed E-state index contributed by atoms with van der Waals surface area (Å²) >= 11 is 4.17. The van der Waals surface area contributed by atoms with Gasteiger partial charge in [0, 0.05) is 22.7 Å². The highest BCUT2D eigenvalue weighted by atomic mass is 79.9. The molecule has 0 saturated heterocycles. The Kier molecular flexibility index (Phi) is 5.45. The van der Waals surface area contributed by atoms with Crippen LogP contribution in [0.1, 0.15) is 18.6 Å². The summed E-state index contributed by atoms with van der Waals surface area (Å²) < 4.78 is 0.592. The first-order chi connectivity index (χ1) is 7.91. The molecule has 0 aromatic heterocycles. The maximum Gasteiger partial charge on any atom is 0.185 e. The van der Waals surface area contributed by atoms with Gasteiger partial charge in [-0.3, -0.25) is 4.79 Å². The Balaban J connectivity index is 2.77. The van der Waals surface area contributed by atoms with E-state index in [9.17, 15) is 20.1 Å². The van der Waals surface area contributed by atoms with Gasteiger partial charge in [-0.15, -0.1) is 0 Å². The van der Waals surface area contributed by atoms with Crippen LogP contribution in [0.2, 0.25) is 0 Å². The number of thioether (sulfide) groups is 1. The van der Waals surface area contributed by atoms with Gasteiger partial charge >= 0.3 is 0 Å². The van der Waals surface area contributed by atoms with E-state index in [2.05, 4.69) is 15.9 Å². The number of rotatable bonds is 4. The molecule has 0 spiro atoms. The second-order valence-corrected chi connectivity index (χ2v) is 5.57. The van der Waals surface area contributed by atoms with Crippen molar-refractivity contribution in [3.63, 3.8) is 0 Å². The molecule has 0 aliphatic rings. The van der Waals surface area contributed by atoms with Crippen LogP contribution in [0.4, 0.5) is 0 Å². The molecule has 0 radical (unpaired) electrons. The number of aliphatic hydroxyl groups is 2. The van der Waals surface area contributed by atoms with Crippen molar-refractivity contribution in [1.82, 2.24) is 0 Å². The molecule has 1 aromatic carbocycles. The average Bonchev–Trinajstić information content (AvgIpc) is 2.28. The molecule has 0 fully saturated rings. The summed E-state index contributed by atoms with van der Waals surface area (Å²) in [4.78, 5) is 10.7. The predicted molar refractivity (Wildman–Crippen MR) is 69.9 cm³/mol. The molecule has 17 heavy (non-hydrogen) atoms. The second-order valence-electron chi connectivity index (χ2n) is 3.52. The molecule has 4 nitrogen and oxygen atoms in total. The third kappa shape index (κ3) is 4.31. The first kappa shape index (κ1) is 14.5. The van der Waals surface area contributed by atoms with Gasteiger partial charge in [-0.1, -0.05) is 27.7 Å². The van der Waals surface area contributed by atoms with Crippen molar-refractivity contribution in [2.24, 2.45) is 0 Å². The fraction of sp³-hybridized carbons (Fsp3) is 0.364. The highest BCUT2D eigenvalue weighted by Crippen LogP contribution is 2.30. The van der Waals surface area contributed by atoms with Gasteiger partial charge in [0.15, 0.2) is 5.12 Å². The van der Waals surface area contributed by atoms with Gasteiger partial charge in [-0.25, -0.2) is 0 Å². The number of aliphatic hydroxyl groups excluding tert-OH is 2. The summed E-state index contributed by atoms with van der Waals surface area (Å²) in [5, 5.41) is 28.8. The molecule has 0 aliphatic carbocycles. The van der Waals surface area contributed by atoms with Gasteiger partial charge in [0.1, 0.15) is 11.9 Å². The zero-order valence-corrected chi connectivity index (χ0v) is 11.5. The largest absolute Gasteiger partial charge is 0.508 e. The van der Waals surface area contributed by atoms with E-state index in [-0.39, 0.29) is 16.6 Å². The van der Waals surface area contributed by atoms with Crippen LogP contribution in [0.25, 0.3) is 0 Å². The molecule has 6 heteroatoms. The van der Waals surface area contributed by atoms with Crippen molar-refractivity contribution in [2.75, 3.05) is 5.75 Å². The highest BCUT2D eigenvalue weighted by Gasteiger charge is 2.21. The SMILES string of the molecule is CC(=O)SCC(O)C(O)c1cc(O)ccc1Br. The lowest BCUT2D eigenvalue weighted by atomic mass is 10.1. The highest BCUT2D eigenvalue weighted by molar-refractivity contribution is 9.10. The Hall–Kier alpha value is -0.560. The molecule has 94 valence electrons. The number of hydrogen-bond donors (Lipinski definition) is 3. The Bertz CT molecular complexity index is 410. The molecule has 0 bridgehead atoms. The predicted octanol–water partition coefficient (Wildman–Crippen LogP) is 1.83. The number of carbonyl (C=O) groups is 1. The number of carbonyl (C=O) groups excluding carboxylic acids is 1. The van der Waals surface area contributed by atoms with Gasteiger partial charge in [0.05, 0.1) is 6.10 Å². The number of hydrogen-bond acceptors (Lipinski definition) is 5. The maximum atomic E-state index is 10.7. The number of benzene rings is 1. The Morgan fingerprint density at radius 1 is 1.47 bits per heavy atom. The summed E-state index contributed by atoms with van der Waals surface area (Å²) in [5.41, 5.74) is 0.390. The van der Waals surface area contributed by atoms with Crippen molar-refractivity contribution in [3.05, 3.63) is 28.2 Å². The van der Waals surface area contributed by atoms with E-state index in [1.165, 1.54) is 19.1 Å². The monoisotopic (exact) mass is 320 g/mol. The van der Waals surface area contributed by atoms with Crippen LogP contribution in [0.3, 0.4) is 0 Å². The molecule has 0 saturated carbocycles. The zero-order valence-electron chi connectivity index (χ0n) is 9.13. The summed E-state index contributed by atoms with van der Waals surface area (Å²) in [7, 11) is 0. The number of halogens is 1. The molecule has 3 N–H and O–H groups in total. The molecule has 1 aromatic rings. The third-order valence-corrected chi connectivity index (χ3v) is 3.76. The van der Waals surface area contributed by atoms with E-state index >= 15 is 0 Å². The maximum absolute atomic E-state index is 10.7. The van der Waals surface area contributed by atoms with Crippen molar-refractivity contribution >= 4 is 32.8 Å². The average molecular weight is 321 g/mol. The number of phenolic OH excluding ortho intramolecular Hbond substituents is 1.